The molecule has 0 heterocycles. The van der Waals surface area contributed by atoms with Crippen LogP contribution in [0, 0.1) is 0 Å². The maximum atomic E-state index is 12.7. The van der Waals surface area contributed by atoms with Gasteiger partial charge < -0.3 is 0 Å². The molecule has 3 aromatic rings. The van der Waals surface area contributed by atoms with Crippen molar-refractivity contribution in [3.63, 3.8) is 0 Å². The first-order valence-corrected chi connectivity index (χ1v) is 14.7. The summed E-state index contributed by atoms with van der Waals surface area (Å²) < 4.78 is 50.8. The maximum absolute atomic E-state index is 12.7. The first kappa shape index (κ1) is 26.8. The van der Waals surface area contributed by atoms with Crippen molar-refractivity contribution in [2.45, 2.75) is 11.5 Å². The van der Waals surface area contributed by atoms with Crippen molar-refractivity contribution in [1.29, 1.82) is 0 Å². The fraction of sp³-hybridized carbons (Fsp3) is 0.0833. The Bertz CT molecular complexity index is 1370. The molecular weight excluding hydrogens is 558 g/mol. The van der Waals surface area contributed by atoms with Gasteiger partial charge in [-0.15, -0.1) is 0 Å². The van der Waals surface area contributed by atoms with Gasteiger partial charge in [0.2, 0.25) is 0 Å². The van der Waals surface area contributed by atoms with E-state index in [1.807, 2.05) is 0 Å². The van der Waals surface area contributed by atoms with E-state index in [0.717, 1.165) is 10.8 Å². The summed E-state index contributed by atoms with van der Waals surface area (Å²) in [7, 11) is -7.44. The molecule has 0 spiro atoms. The summed E-state index contributed by atoms with van der Waals surface area (Å²) in [6.45, 7) is 0. The Hall–Kier alpha value is -1.80. The van der Waals surface area contributed by atoms with Crippen LogP contribution < -0.4 is 0 Å². The van der Waals surface area contributed by atoms with Crippen LogP contribution in [0.5, 0.6) is 0 Å². The topological polar surface area (TPSA) is 68.3 Å². The minimum atomic E-state index is -3.72. The predicted molar refractivity (Wildman–Crippen MR) is 143 cm³/mol. The first-order valence-electron chi connectivity index (χ1n) is 9.73. The highest BCUT2D eigenvalue weighted by Crippen LogP contribution is 2.25. The molecular formula is C24H18Cl4O4S2. The zero-order valence-electron chi connectivity index (χ0n) is 17.5. The Labute approximate surface area is 219 Å². The minimum absolute atomic E-state index is 0.318. The quantitative estimate of drug-likeness (QED) is 0.279. The molecule has 0 fully saturated rings. The Balaban J connectivity index is 1.79. The van der Waals surface area contributed by atoms with E-state index in [-0.39, 0.29) is 11.5 Å². The van der Waals surface area contributed by atoms with Crippen LogP contribution in [-0.4, -0.2) is 16.8 Å². The Morgan fingerprint density at radius 1 is 0.588 bits per heavy atom. The molecule has 0 N–H and O–H groups in total. The molecule has 0 atom stereocenters. The van der Waals surface area contributed by atoms with Gasteiger partial charge in [-0.2, -0.15) is 0 Å². The van der Waals surface area contributed by atoms with Gasteiger partial charge in [0.25, 0.3) is 0 Å². The van der Waals surface area contributed by atoms with Crippen molar-refractivity contribution in [3.8, 4) is 0 Å². The summed E-state index contributed by atoms with van der Waals surface area (Å²) in [5, 5.41) is 3.61. The molecule has 0 aromatic heterocycles. The van der Waals surface area contributed by atoms with Gasteiger partial charge in [-0.3, -0.25) is 0 Å². The lowest BCUT2D eigenvalue weighted by molar-refractivity contribution is 0.600. The van der Waals surface area contributed by atoms with E-state index in [2.05, 4.69) is 0 Å². The molecule has 4 nitrogen and oxygen atoms in total. The van der Waals surface area contributed by atoms with Crippen molar-refractivity contribution in [2.75, 3.05) is 0 Å². The molecule has 0 radical (unpaired) electrons. The zero-order valence-corrected chi connectivity index (χ0v) is 22.1. The van der Waals surface area contributed by atoms with Crippen molar-refractivity contribution in [2.24, 2.45) is 0 Å². The Kier molecular flexibility index (Phi) is 8.90. The highest BCUT2D eigenvalue weighted by Gasteiger charge is 2.16. The molecule has 0 amide bonds. The summed E-state index contributed by atoms with van der Waals surface area (Å²) >= 11 is 23.9. The SMILES string of the molecule is O=S(=O)(/C=C/c1ccc(Cl)cc1Cl)Cc1ccccc1CS(=O)(=O)/C=C/c1ccc(Cl)cc1Cl. The number of hydrogen-bond acceptors (Lipinski definition) is 4. The summed E-state index contributed by atoms with van der Waals surface area (Å²) in [4.78, 5) is 0. The van der Waals surface area contributed by atoms with E-state index >= 15 is 0 Å². The molecule has 0 unspecified atom stereocenters. The normalized spacial score (nSPS) is 12.6. The zero-order chi connectivity index (χ0) is 24.9. The molecule has 0 saturated heterocycles. The van der Waals surface area contributed by atoms with Crippen molar-refractivity contribution in [3.05, 3.63) is 114 Å². The van der Waals surface area contributed by atoms with Crippen molar-refractivity contribution in [1.82, 2.24) is 0 Å². The number of hydrogen-bond donors (Lipinski definition) is 0. The van der Waals surface area contributed by atoms with Crippen molar-refractivity contribution >= 4 is 78.2 Å². The summed E-state index contributed by atoms with van der Waals surface area (Å²) in [5.41, 5.74) is 1.76. The van der Waals surface area contributed by atoms with E-state index in [0.29, 0.717) is 42.3 Å². The van der Waals surface area contributed by atoms with Gasteiger partial charge in [-0.05, 0) is 58.7 Å². The van der Waals surface area contributed by atoms with Crippen LogP contribution in [0.4, 0.5) is 0 Å². The van der Waals surface area contributed by atoms with E-state index in [1.54, 1.807) is 48.5 Å². The fourth-order valence-electron chi connectivity index (χ4n) is 3.00. The third-order valence-corrected chi connectivity index (χ3v) is 8.32. The second-order valence-corrected chi connectivity index (χ2v) is 12.8. The van der Waals surface area contributed by atoms with E-state index in [1.165, 1.54) is 24.3 Å². The van der Waals surface area contributed by atoms with Crippen LogP contribution in [0.3, 0.4) is 0 Å². The third kappa shape index (κ3) is 7.87. The van der Waals surface area contributed by atoms with Crippen LogP contribution in [0.15, 0.2) is 71.5 Å². The van der Waals surface area contributed by atoms with Gasteiger partial charge in [0.15, 0.2) is 19.7 Å². The average molecular weight is 576 g/mol. The summed E-state index contributed by atoms with van der Waals surface area (Å²) in [6.07, 6.45) is 2.76. The molecule has 3 rings (SSSR count). The van der Waals surface area contributed by atoms with Gasteiger partial charge in [0.1, 0.15) is 0 Å². The highest BCUT2D eigenvalue weighted by atomic mass is 35.5. The van der Waals surface area contributed by atoms with Crippen LogP contribution in [0.25, 0.3) is 12.2 Å². The smallest absolute Gasteiger partial charge is 0.175 e. The summed E-state index contributed by atoms with van der Waals surface area (Å²) in [6, 6.07) is 15.9. The lowest BCUT2D eigenvalue weighted by Gasteiger charge is -2.08. The summed E-state index contributed by atoms with van der Waals surface area (Å²) in [5.74, 6) is -0.736. The van der Waals surface area contributed by atoms with Gasteiger partial charge in [-0.25, -0.2) is 16.8 Å². The second-order valence-electron chi connectivity index (χ2n) is 7.32. The molecule has 178 valence electrons. The fourth-order valence-corrected chi connectivity index (χ4v) is 6.27. The van der Waals surface area contributed by atoms with E-state index in [9.17, 15) is 16.8 Å². The number of sulfone groups is 2. The van der Waals surface area contributed by atoms with E-state index in [4.69, 9.17) is 46.4 Å². The molecule has 0 aliphatic carbocycles. The highest BCUT2D eigenvalue weighted by molar-refractivity contribution is 7.94. The van der Waals surface area contributed by atoms with Crippen LogP contribution >= 0.6 is 46.4 Å². The van der Waals surface area contributed by atoms with Crippen LogP contribution in [0.1, 0.15) is 22.3 Å². The standard InChI is InChI=1S/C24H18Cl4O4S2/c25-21-7-5-17(23(27)13-21)9-11-33(29,30)15-19-3-1-2-4-20(19)16-34(31,32)12-10-18-6-8-22(26)14-24(18)28/h1-14H,15-16H2/b11-9+,12-10+. The van der Waals surface area contributed by atoms with Gasteiger partial charge >= 0.3 is 0 Å². The van der Waals surface area contributed by atoms with Crippen LogP contribution in [-0.2, 0) is 31.2 Å². The molecule has 0 saturated carbocycles. The van der Waals surface area contributed by atoms with Gasteiger partial charge in [0.05, 0.1) is 11.5 Å². The van der Waals surface area contributed by atoms with Crippen LogP contribution in [0.2, 0.25) is 20.1 Å². The Morgan fingerprint density at radius 2 is 0.971 bits per heavy atom. The molecule has 0 bridgehead atoms. The molecule has 0 aliphatic rings. The monoisotopic (exact) mass is 574 g/mol. The van der Waals surface area contributed by atoms with E-state index < -0.39 is 19.7 Å². The third-order valence-electron chi connectivity index (χ3n) is 4.67. The molecule has 10 heteroatoms. The largest absolute Gasteiger partial charge is 0.224 e. The lowest BCUT2D eigenvalue weighted by Crippen LogP contribution is -2.07. The average Bonchev–Trinajstić information content (AvgIpc) is 2.73. The number of rotatable bonds is 8. The number of halogens is 4. The van der Waals surface area contributed by atoms with Crippen molar-refractivity contribution < 1.29 is 16.8 Å². The maximum Gasteiger partial charge on any atom is 0.175 e. The molecule has 0 aliphatic heterocycles. The molecule has 34 heavy (non-hydrogen) atoms. The first-order chi connectivity index (χ1) is 15.9. The molecule has 3 aromatic carbocycles. The Morgan fingerprint density at radius 3 is 1.32 bits per heavy atom. The number of benzene rings is 3. The second kappa shape index (κ2) is 11.3. The lowest BCUT2D eigenvalue weighted by atomic mass is 10.1. The minimum Gasteiger partial charge on any atom is -0.224 e. The van der Waals surface area contributed by atoms with Gasteiger partial charge in [0, 0.05) is 30.9 Å². The predicted octanol–water partition coefficient (Wildman–Crippen LogP) is 7.47. The van der Waals surface area contributed by atoms with Gasteiger partial charge in [-0.1, -0.05) is 82.8 Å².